The highest BCUT2D eigenvalue weighted by Crippen LogP contribution is 2.23. The lowest BCUT2D eigenvalue weighted by Crippen LogP contribution is -2.25. The van der Waals surface area contributed by atoms with E-state index < -0.39 is 0 Å². The lowest BCUT2D eigenvalue weighted by Gasteiger charge is -2.11. The van der Waals surface area contributed by atoms with Gasteiger partial charge >= 0.3 is 0 Å². The van der Waals surface area contributed by atoms with E-state index in [1.54, 1.807) is 5.38 Å². The lowest BCUT2D eigenvalue weighted by molar-refractivity contribution is -0.114. The standard InChI is InChI=1S/C15H19N5O2S/c1-9(21)17-15-18-12(8-23-15)14(22)16-7-13-10-5-3-4-6-11(10)19-20(13)2/h8H,3-7H2,1-2H3,(H,16,22)(H,17,18,21). The van der Waals surface area contributed by atoms with Gasteiger partial charge in [0.25, 0.3) is 5.91 Å². The molecule has 2 N–H and O–H groups in total. The van der Waals surface area contributed by atoms with Gasteiger partial charge in [0.2, 0.25) is 5.91 Å². The predicted molar refractivity (Wildman–Crippen MR) is 87.4 cm³/mol. The third kappa shape index (κ3) is 3.42. The van der Waals surface area contributed by atoms with Crippen LogP contribution >= 0.6 is 11.3 Å². The van der Waals surface area contributed by atoms with E-state index in [0.29, 0.717) is 17.4 Å². The van der Waals surface area contributed by atoms with Crippen molar-refractivity contribution in [2.75, 3.05) is 5.32 Å². The summed E-state index contributed by atoms with van der Waals surface area (Å²) in [6.07, 6.45) is 4.40. The number of aromatic nitrogens is 3. The summed E-state index contributed by atoms with van der Waals surface area (Å²) in [4.78, 5) is 27.3. The average Bonchev–Trinajstić information content (AvgIpc) is 3.08. The molecule has 0 unspecified atom stereocenters. The van der Waals surface area contributed by atoms with Crippen LogP contribution in [0.1, 0.15) is 47.2 Å². The summed E-state index contributed by atoms with van der Waals surface area (Å²) >= 11 is 1.23. The number of anilines is 1. The van der Waals surface area contributed by atoms with Crippen LogP contribution in [-0.2, 0) is 31.2 Å². The highest BCUT2D eigenvalue weighted by molar-refractivity contribution is 7.14. The van der Waals surface area contributed by atoms with E-state index in [2.05, 4.69) is 20.7 Å². The first-order valence-corrected chi connectivity index (χ1v) is 8.47. The highest BCUT2D eigenvalue weighted by Gasteiger charge is 2.20. The Morgan fingerprint density at radius 2 is 2.13 bits per heavy atom. The molecule has 3 rings (SSSR count). The summed E-state index contributed by atoms with van der Waals surface area (Å²) < 4.78 is 1.86. The van der Waals surface area contributed by atoms with Crippen LogP contribution in [0.2, 0.25) is 0 Å². The summed E-state index contributed by atoms with van der Waals surface area (Å²) in [6, 6.07) is 0. The normalized spacial score (nSPS) is 13.5. The second kappa shape index (κ2) is 6.49. The van der Waals surface area contributed by atoms with Crippen LogP contribution in [-0.4, -0.2) is 26.6 Å². The molecular weight excluding hydrogens is 314 g/mol. The number of fused-ring (bicyclic) bond motifs is 1. The fourth-order valence-corrected chi connectivity index (χ4v) is 3.55. The molecule has 0 fully saturated rings. The van der Waals surface area contributed by atoms with Gasteiger partial charge in [-0.2, -0.15) is 5.10 Å². The van der Waals surface area contributed by atoms with Crippen molar-refractivity contribution in [1.29, 1.82) is 0 Å². The minimum Gasteiger partial charge on any atom is -0.345 e. The van der Waals surface area contributed by atoms with Gasteiger partial charge in [-0.05, 0) is 31.2 Å². The number of hydrogen-bond donors (Lipinski definition) is 2. The molecule has 2 amide bonds. The maximum Gasteiger partial charge on any atom is 0.271 e. The van der Waals surface area contributed by atoms with E-state index in [-0.39, 0.29) is 11.8 Å². The molecule has 0 radical (unpaired) electrons. The SMILES string of the molecule is CC(=O)Nc1nc(C(=O)NCc2c3c(nn2C)CCCC3)cs1. The van der Waals surface area contributed by atoms with E-state index in [9.17, 15) is 9.59 Å². The summed E-state index contributed by atoms with van der Waals surface area (Å²) in [5, 5.41) is 12.1. The number of nitrogens with zero attached hydrogens (tertiary/aromatic N) is 3. The van der Waals surface area contributed by atoms with E-state index in [1.807, 2.05) is 11.7 Å². The van der Waals surface area contributed by atoms with Crippen molar-refractivity contribution >= 4 is 28.3 Å². The molecule has 0 spiro atoms. The second-order valence-electron chi connectivity index (χ2n) is 5.60. The molecule has 23 heavy (non-hydrogen) atoms. The lowest BCUT2D eigenvalue weighted by atomic mass is 9.96. The van der Waals surface area contributed by atoms with Crippen molar-refractivity contribution in [2.24, 2.45) is 7.05 Å². The number of amides is 2. The first-order valence-electron chi connectivity index (χ1n) is 7.59. The monoisotopic (exact) mass is 333 g/mol. The quantitative estimate of drug-likeness (QED) is 0.890. The first kappa shape index (κ1) is 15.7. The van der Waals surface area contributed by atoms with Crippen LogP contribution in [0, 0.1) is 0 Å². The summed E-state index contributed by atoms with van der Waals surface area (Å²) in [7, 11) is 1.91. The maximum absolute atomic E-state index is 12.2. The number of carbonyl (C=O) groups is 2. The van der Waals surface area contributed by atoms with Crippen molar-refractivity contribution < 1.29 is 9.59 Å². The smallest absolute Gasteiger partial charge is 0.271 e. The van der Waals surface area contributed by atoms with E-state index in [1.165, 1.54) is 36.7 Å². The van der Waals surface area contributed by atoms with Crippen molar-refractivity contribution in [3.63, 3.8) is 0 Å². The molecule has 0 atom stereocenters. The van der Waals surface area contributed by atoms with E-state index in [4.69, 9.17) is 0 Å². The fraction of sp³-hybridized carbons (Fsp3) is 0.467. The molecule has 0 saturated carbocycles. The van der Waals surface area contributed by atoms with Gasteiger partial charge in [0.05, 0.1) is 17.9 Å². The van der Waals surface area contributed by atoms with Crippen molar-refractivity contribution in [1.82, 2.24) is 20.1 Å². The zero-order chi connectivity index (χ0) is 16.4. The number of thiazole rings is 1. The topological polar surface area (TPSA) is 88.9 Å². The van der Waals surface area contributed by atoms with Gasteiger partial charge in [0.15, 0.2) is 5.13 Å². The second-order valence-corrected chi connectivity index (χ2v) is 6.46. The fourth-order valence-electron chi connectivity index (χ4n) is 2.81. The van der Waals surface area contributed by atoms with Gasteiger partial charge in [-0.1, -0.05) is 0 Å². The molecule has 2 heterocycles. The number of aryl methyl sites for hydroxylation is 2. The summed E-state index contributed by atoms with van der Waals surface area (Å²) in [5.41, 5.74) is 3.81. The Bertz CT molecular complexity index is 749. The summed E-state index contributed by atoms with van der Waals surface area (Å²) in [6.45, 7) is 1.84. The largest absolute Gasteiger partial charge is 0.345 e. The van der Waals surface area contributed by atoms with Gasteiger partial charge in [0, 0.05) is 19.4 Å². The van der Waals surface area contributed by atoms with Gasteiger partial charge in [0.1, 0.15) is 5.69 Å². The van der Waals surface area contributed by atoms with Gasteiger partial charge in [-0.15, -0.1) is 11.3 Å². The molecule has 122 valence electrons. The Kier molecular flexibility index (Phi) is 4.42. The number of nitrogens with one attached hydrogen (secondary N) is 2. The van der Waals surface area contributed by atoms with Crippen molar-refractivity contribution in [3.8, 4) is 0 Å². The van der Waals surface area contributed by atoms with Gasteiger partial charge < -0.3 is 10.6 Å². The van der Waals surface area contributed by atoms with Crippen LogP contribution in [0.25, 0.3) is 0 Å². The molecule has 2 aromatic heterocycles. The van der Waals surface area contributed by atoms with Crippen molar-refractivity contribution in [2.45, 2.75) is 39.2 Å². The van der Waals surface area contributed by atoms with Crippen molar-refractivity contribution in [3.05, 3.63) is 28.0 Å². The molecule has 0 aromatic carbocycles. The van der Waals surface area contributed by atoms with Crippen LogP contribution in [0.5, 0.6) is 0 Å². The van der Waals surface area contributed by atoms with Crippen LogP contribution < -0.4 is 10.6 Å². The van der Waals surface area contributed by atoms with Crippen LogP contribution in [0.15, 0.2) is 5.38 Å². The minimum atomic E-state index is -0.247. The molecule has 1 aliphatic rings. The molecule has 0 bridgehead atoms. The Hall–Kier alpha value is -2.22. The Labute approximate surface area is 138 Å². The molecule has 1 aliphatic carbocycles. The molecule has 7 nitrogen and oxygen atoms in total. The molecular formula is C15H19N5O2S. The van der Waals surface area contributed by atoms with Crippen LogP contribution in [0.4, 0.5) is 5.13 Å². The number of carbonyl (C=O) groups excluding carboxylic acids is 2. The van der Waals surface area contributed by atoms with E-state index in [0.717, 1.165) is 24.2 Å². The zero-order valence-corrected chi connectivity index (χ0v) is 14.0. The molecule has 0 aliphatic heterocycles. The molecule has 0 saturated heterocycles. The molecule has 8 heteroatoms. The Morgan fingerprint density at radius 3 is 2.91 bits per heavy atom. The highest BCUT2D eigenvalue weighted by atomic mass is 32.1. The van der Waals surface area contributed by atoms with Gasteiger partial charge in [-0.25, -0.2) is 4.98 Å². The maximum atomic E-state index is 12.2. The van der Waals surface area contributed by atoms with E-state index >= 15 is 0 Å². The number of rotatable bonds is 4. The zero-order valence-electron chi connectivity index (χ0n) is 13.2. The average molecular weight is 333 g/mol. The number of hydrogen-bond acceptors (Lipinski definition) is 5. The third-order valence-corrected chi connectivity index (χ3v) is 4.64. The predicted octanol–water partition coefficient (Wildman–Crippen LogP) is 1.64. The Balaban J connectivity index is 1.66. The first-order chi connectivity index (χ1) is 11.0. The minimum absolute atomic E-state index is 0.201. The molecule has 2 aromatic rings. The Morgan fingerprint density at radius 1 is 1.35 bits per heavy atom. The summed E-state index contributed by atoms with van der Waals surface area (Å²) in [5.74, 6) is -0.448. The third-order valence-electron chi connectivity index (χ3n) is 3.88. The van der Waals surface area contributed by atoms with Crippen LogP contribution in [0.3, 0.4) is 0 Å². The van der Waals surface area contributed by atoms with Gasteiger partial charge in [-0.3, -0.25) is 14.3 Å².